The van der Waals surface area contributed by atoms with Crippen LogP contribution >= 0.6 is 11.6 Å². The smallest absolute Gasteiger partial charge is 0.147 e. The number of halogens is 1. The Labute approximate surface area is 173 Å². The number of anilines is 1. The maximum atomic E-state index is 6.28. The monoisotopic (exact) mass is 395 g/mol. The van der Waals surface area contributed by atoms with Gasteiger partial charge in [-0.05, 0) is 81.3 Å². The molecule has 1 aromatic carbocycles. The third-order valence-electron chi connectivity index (χ3n) is 6.28. The Balaban J connectivity index is 1.88. The molecule has 0 aliphatic carbocycles. The lowest BCUT2D eigenvalue weighted by molar-refractivity contribution is 0.395. The lowest BCUT2D eigenvalue weighted by Crippen LogP contribution is -2.33. The average molecular weight is 396 g/mol. The summed E-state index contributed by atoms with van der Waals surface area (Å²) in [5.74, 6) is 0.875. The number of pyridine rings is 1. The molecular formula is C24H30ClN3. The van der Waals surface area contributed by atoms with Crippen LogP contribution in [-0.2, 0) is 0 Å². The highest BCUT2D eigenvalue weighted by atomic mass is 35.5. The zero-order valence-corrected chi connectivity index (χ0v) is 18.4. The quantitative estimate of drug-likeness (QED) is 0.502. The molecule has 4 heteroatoms. The number of rotatable bonds is 3. The van der Waals surface area contributed by atoms with Crippen molar-refractivity contribution in [3.8, 4) is 5.69 Å². The largest absolute Gasteiger partial charge is 0.371 e. The third-order valence-corrected chi connectivity index (χ3v) is 6.50. The zero-order valence-electron chi connectivity index (χ0n) is 17.6. The van der Waals surface area contributed by atoms with E-state index in [-0.39, 0.29) is 0 Å². The van der Waals surface area contributed by atoms with Crippen molar-refractivity contribution in [2.45, 2.75) is 53.9 Å². The minimum atomic E-state index is 0.788. The maximum absolute atomic E-state index is 6.28. The van der Waals surface area contributed by atoms with Crippen molar-refractivity contribution >= 4 is 28.3 Å². The SMILES string of the molecule is CCC1CCN(c2cc(C)nc3c2c(C)cn3-c2c(C)cc(Cl)cc2C)CC1. The summed E-state index contributed by atoms with van der Waals surface area (Å²) in [6.45, 7) is 13.2. The second kappa shape index (κ2) is 7.44. The molecule has 1 aliphatic heterocycles. The van der Waals surface area contributed by atoms with Crippen molar-refractivity contribution in [1.29, 1.82) is 0 Å². The molecule has 0 bridgehead atoms. The van der Waals surface area contributed by atoms with E-state index in [1.165, 1.54) is 52.7 Å². The van der Waals surface area contributed by atoms with E-state index in [2.05, 4.69) is 56.3 Å². The first-order valence-corrected chi connectivity index (χ1v) is 10.8. The topological polar surface area (TPSA) is 21.1 Å². The molecule has 3 aromatic rings. The van der Waals surface area contributed by atoms with Gasteiger partial charge in [0.05, 0.1) is 5.69 Å². The van der Waals surface area contributed by atoms with Gasteiger partial charge >= 0.3 is 0 Å². The summed E-state index contributed by atoms with van der Waals surface area (Å²) >= 11 is 6.28. The first kappa shape index (κ1) is 19.3. The molecule has 0 unspecified atom stereocenters. The molecule has 0 saturated carbocycles. The van der Waals surface area contributed by atoms with Gasteiger partial charge in [-0.15, -0.1) is 0 Å². The lowest BCUT2D eigenvalue weighted by Gasteiger charge is -2.34. The van der Waals surface area contributed by atoms with Crippen molar-refractivity contribution < 1.29 is 0 Å². The summed E-state index contributed by atoms with van der Waals surface area (Å²) in [6.07, 6.45) is 6.11. The zero-order chi connectivity index (χ0) is 20.0. The van der Waals surface area contributed by atoms with Gasteiger partial charge in [0.2, 0.25) is 0 Å². The van der Waals surface area contributed by atoms with E-state index in [1.807, 2.05) is 12.1 Å². The second-order valence-corrected chi connectivity index (χ2v) is 8.83. The van der Waals surface area contributed by atoms with Crippen molar-refractivity contribution in [1.82, 2.24) is 9.55 Å². The lowest BCUT2D eigenvalue weighted by atomic mass is 9.94. The first-order valence-electron chi connectivity index (χ1n) is 10.4. The summed E-state index contributed by atoms with van der Waals surface area (Å²) < 4.78 is 2.26. The summed E-state index contributed by atoms with van der Waals surface area (Å²) in [5.41, 5.74) is 8.30. The molecule has 1 aliphatic rings. The molecule has 2 aromatic heterocycles. The average Bonchev–Trinajstić information content (AvgIpc) is 2.96. The Morgan fingerprint density at radius 1 is 1.00 bits per heavy atom. The predicted molar refractivity (Wildman–Crippen MR) is 120 cm³/mol. The van der Waals surface area contributed by atoms with E-state index >= 15 is 0 Å². The number of nitrogens with zero attached hydrogens (tertiary/aromatic N) is 3. The van der Waals surface area contributed by atoms with E-state index < -0.39 is 0 Å². The Kier molecular flexibility index (Phi) is 5.13. The van der Waals surface area contributed by atoms with Gasteiger partial charge in [-0.25, -0.2) is 4.98 Å². The molecular weight excluding hydrogens is 366 g/mol. The standard InChI is InChI=1S/C24H30ClN3/c1-6-19-7-9-27(10-8-19)21-13-18(5)26-24-22(21)17(4)14-28(24)23-15(2)11-20(25)12-16(23)3/h11-14,19H,6-10H2,1-5H3. The minimum absolute atomic E-state index is 0.788. The number of benzene rings is 1. The van der Waals surface area contributed by atoms with Crippen molar-refractivity contribution in [2.75, 3.05) is 18.0 Å². The highest BCUT2D eigenvalue weighted by molar-refractivity contribution is 6.30. The van der Waals surface area contributed by atoms with Crippen molar-refractivity contribution in [3.63, 3.8) is 0 Å². The Hall–Kier alpha value is -2.00. The van der Waals surface area contributed by atoms with Gasteiger partial charge in [-0.3, -0.25) is 0 Å². The van der Waals surface area contributed by atoms with Gasteiger partial charge in [0, 0.05) is 41.1 Å². The van der Waals surface area contributed by atoms with E-state index in [0.717, 1.165) is 35.4 Å². The van der Waals surface area contributed by atoms with Gasteiger partial charge in [-0.1, -0.05) is 24.9 Å². The first-order chi connectivity index (χ1) is 13.4. The van der Waals surface area contributed by atoms with Crippen LogP contribution in [0.2, 0.25) is 5.02 Å². The van der Waals surface area contributed by atoms with Crippen LogP contribution in [0.1, 0.15) is 48.6 Å². The fourth-order valence-corrected chi connectivity index (χ4v) is 5.12. The molecule has 0 N–H and O–H groups in total. The van der Waals surface area contributed by atoms with Crippen LogP contribution in [0.4, 0.5) is 5.69 Å². The van der Waals surface area contributed by atoms with E-state index in [1.54, 1.807) is 0 Å². The number of aryl methyl sites for hydroxylation is 4. The number of aromatic nitrogens is 2. The van der Waals surface area contributed by atoms with Crippen LogP contribution < -0.4 is 4.90 Å². The summed E-state index contributed by atoms with van der Waals surface area (Å²) in [5, 5.41) is 2.07. The van der Waals surface area contributed by atoms with Gasteiger partial charge in [0.15, 0.2) is 0 Å². The molecule has 28 heavy (non-hydrogen) atoms. The number of hydrogen-bond donors (Lipinski definition) is 0. The molecule has 0 atom stereocenters. The summed E-state index contributed by atoms with van der Waals surface area (Å²) in [7, 11) is 0. The fraction of sp³-hybridized carbons (Fsp3) is 0.458. The summed E-state index contributed by atoms with van der Waals surface area (Å²) in [6, 6.07) is 6.35. The predicted octanol–water partition coefficient (Wildman–Crippen LogP) is 6.54. The minimum Gasteiger partial charge on any atom is -0.371 e. The van der Waals surface area contributed by atoms with Gasteiger partial charge < -0.3 is 9.47 Å². The Morgan fingerprint density at radius 2 is 1.64 bits per heavy atom. The van der Waals surface area contributed by atoms with Crippen LogP contribution in [0.15, 0.2) is 24.4 Å². The van der Waals surface area contributed by atoms with Crippen LogP contribution in [0.25, 0.3) is 16.7 Å². The Morgan fingerprint density at radius 3 is 2.25 bits per heavy atom. The van der Waals surface area contributed by atoms with Crippen LogP contribution in [-0.4, -0.2) is 22.6 Å². The number of piperidine rings is 1. The van der Waals surface area contributed by atoms with Gasteiger partial charge in [0.25, 0.3) is 0 Å². The molecule has 4 rings (SSSR count). The molecule has 148 valence electrons. The highest BCUT2D eigenvalue weighted by Crippen LogP contribution is 2.36. The normalized spacial score (nSPS) is 15.6. The number of fused-ring (bicyclic) bond motifs is 1. The molecule has 1 fully saturated rings. The van der Waals surface area contributed by atoms with E-state index in [4.69, 9.17) is 16.6 Å². The molecule has 0 radical (unpaired) electrons. The van der Waals surface area contributed by atoms with E-state index in [0.29, 0.717) is 0 Å². The number of hydrogen-bond acceptors (Lipinski definition) is 2. The van der Waals surface area contributed by atoms with E-state index in [9.17, 15) is 0 Å². The maximum Gasteiger partial charge on any atom is 0.147 e. The van der Waals surface area contributed by atoms with Crippen molar-refractivity contribution in [2.24, 2.45) is 5.92 Å². The van der Waals surface area contributed by atoms with Crippen molar-refractivity contribution in [3.05, 3.63) is 51.8 Å². The summed E-state index contributed by atoms with van der Waals surface area (Å²) in [4.78, 5) is 7.54. The second-order valence-electron chi connectivity index (χ2n) is 8.39. The third kappa shape index (κ3) is 3.30. The van der Waals surface area contributed by atoms with Crippen LogP contribution in [0, 0.1) is 33.6 Å². The van der Waals surface area contributed by atoms with Crippen LogP contribution in [0.3, 0.4) is 0 Å². The Bertz CT molecular complexity index is 1000. The molecule has 0 amide bonds. The highest BCUT2D eigenvalue weighted by Gasteiger charge is 2.23. The molecule has 3 nitrogen and oxygen atoms in total. The van der Waals surface area contributed by atoms with Gasteiger partial charge in [0.1, 0.15) is 5.65 Å². The molecule has 3 heterocycles. The van der Waals surface area contributed by atoms with Gasteiger partial charge in [-0.2, -0.15) is 0 Å². The van der Waals surface area contributed by atoms with Crippen LogP contribution in [0.5, 0.6) is 0 Å². The molecule has 1 saturated heterocycles. The fourth-order valence-electron chi connectivity index (χ4n) is 4.80. The molecule has 0 spiro atoms.